The van der Waals surface area contributed by atoms with Gasteiger partial charge in [-0.05, 0) is 37.6 Å². The number of carbonyl (C=O) groups is 1. The number of hydrogen-bond acceptors (Lipinski definition) is 3. The van der Waals surface area contributed by atoms with Gasteiger partial charge in [0.15, 0.2) is 0 Å². The van der Waals surface area contributed by atoms with Crippen molar-refractivity contribution in [1.29, 1.82) is 0 Å². The van der Waals surface area contributed by atoms with E-state index in [0.717, 1.165) is 35.4 Å². The standard InChI is InChI=1S/C14H20BrN3O/c1-10-8-11(15)9-12-14(10)18(6-3-5-16)7-4-13(19)17(12)2/h8-9H,3-7,16H2,1-2H3. The minimum absolute atomic E-state index is 0.161. The van der Waals surface area contributed by atoms with E-state index in [1.54, 1.807) is 4.90 Å². The number of aryl methyl sites for hydroxylation is 1. The van der Waals surface area contributed by atoms with Crippen molar-refractivity contribution in [2.45, 2.75) is 19.8 Å². The zero-order valence-corrected chi connectivity index (χ0v) is 13.0. The summed E-state index contributed by atoms with van der Waals surface area (Å²) in [6.45, 7) is 4.42. The number of fused-ring (bicyclic) bond motifs is 1. The zero-order valence-electron chi connectivity index (χ0n) is 11.4. The lowest BCUT2D eigenvalue weighted by Gasteiger charge is -2.27. The van der Waals surface area contributed by atoms with Gasteiger partial charge in [0.05, 0.1) is 11.4 Å². The van der Waals surface area contributed by atoms with Crippen molar-refractivity contribution in [3.05, 3.63) is 22.2 Å². The Bertz CT molecular complexity index is 490. The fraction of sp³-hybridized carbons (Fsp3) is 0.500. The van der Waals surface area contributed by atoms with Crippen LogP contribution in [0.2, 0.25) is 0 Å². The van der Waals surface area contributed by atoms with Crippen LogP contribution in [0, 0.1) is 6.92 Å². The number of benzene rings is 1. The average molecular weight is 326 g/mol. The Kier molecular flexibility index (Phi) is 4.47. The second-order valence-corrected chi connectivity index (χ2v) is 5.84. The third kappa shape index (κ3) is 2.92. The highest BCUT2D eigenvalue weighted by Crippen LogP contribution is 2.37. The van der Waals surface area contributed by atoms with Gasteiger partial charge in [0.1, 0.15) is 0 Å². The zero-order chi connectivity index (χ0) is 14.0. The van der Waals surface area contributed by atoms with Gasteiger partial charge in [0, 0.05) is 31.0 Å². The molecule has 4 nitrogen and oxygen atoms in total. The molecular formula is C14H20BrN3O. The summed E-state index contributed by atoms with van der Waals surface area (Å²) in [6.07, 6.45) is 1.49. The van der Waals surface area contributed by atoms with Crippen molar-refractivity contribution in [2.24, 2.45) is 5.73 Å². The van der Waals surface area contributed by atoms with Crippen LogP contribution in [0.25, 0.3) is 0 Å². The monoisotopic (exact) mass is 325 g/mol. The molecule has 0 aliphatic carbocycles. The molecule has 0 atom stereocenters. The van der Waals surface area contributed by atoms with E-state index in [1.807, 2.05) is 13.1 Å². The number of hydrogen-bond donors (Lipinski definition) is 1. The van der Waals surface area contributed by atoms with Crippen molar-refractivity contribution in [2.75, 3.05) is 36.5 Å². The van der Waals surface area contributed by atoms with E-state index < -0.39 is 0 Å². The van der Waals surface area contributed by atoms with Crippen LogP contribution in [-0.2, 0) is 4.79 Å². The molecule has 1 amide bonds. The Hall–Kier alpha value is -1.07. The molecule has 1 aromatic carbocycles. The lowest BCUT2D eigenvalue weighted by Crippen LogP contribution is -2.28. The molecule has 2 rings (SSSR count). The van der Waals surface area contributed by atoms with Crippen LogP contribution < -0.4 is 15.5 Å². The Morgan fingerprint density at radius 1 is 1.42 bits per heavy atom. The predicted molar refractivity (Wildman–Crippen MR) is 82.8 cm³/mol. The molecule has 19 heavy (non-hydrogen) atoms. The van der Waals surface area contributed by atoms with Crippen LogP contribution in [0.15, 0.2) is 16.6 Å². The van der Waals surface area contributed by atoms with Gasteiger partial charge < -0.3 is 15.5 Å². The smallest absolute Gasteiger partial charge is 0.228 e. The Balaban J connectivity index is 2.48. The summed E-state index contributed by atoms with van der Waals surface area (Å²) in [7, 11) is 1.85. The topological polar surface area (TPSA) is 49.6 Å². The predicted octanol–water partition coefficient (Wildman–Crippen LogP) is 2.28. The number of carbonyl (C=O) groups excluding carboxylic acids is 1. The van der Waals surface area contributed by atoms with Crippen molar-refractivity contribution in [1.82, 2.24) is 0 Å². The fourth-order valence-corrected chi connectivity index (χ4v) is 3.10. The molecule has 1 aliphatic heterocycles. The molecule has 0 saturated heterocycles. The molecule has 1 aliphatic rings. The summed E-state index contributed by atoms with van der Waals surface area (Å²) in [6, 6.07) is 4.11. The molecule has 0 radical (unpaired) electrons. The summed E-state index contributed by atoms with van der Waals surface area (Å²) in [4.78, 5) is 16.1. The lowest BCUT2D eigenvalue weighted by atomic mass is 10.1. The molecule has 0 fully saturated rings. The minimum Gasteiger partial charge on any atom is -0.369 e. The van der Waals surface area contributed by atoms with Gasteiger partial charge in [-0.2, -0.15) is 0 Å². The molecule has 0 spiro atoms. The van der Waals surface area contributed by atoms with Crippen LogP contribution in [0.3, 0.4) is 0 Å². The normalized spacial score (nSPS) is 15.5. The molecule has 1 heterocycles. The van der Waals surface area contributed by atoms with E-state index in [4.69, 9.17) is 5.73 Å². The Labute approximate surface area is 122 Å². The third-order valence-electron chi connectivity index (χ3n) is 3.52. The lowest BCUT2D eigenvalue weighted by molar-refractivity contribution is -0.118. The quantitative estimate of drug-likeness (QED) is 0.927. The fourth-order valence-electron chi connectivity index (χ4n) is 2.54. The van der Waals surface area contributed by atoms with Gasteiger partial charge in [-0.25, -0.2) is 0 Å². The molecule has 2 N–H and O–H groups in total. The molecule has 0 bridgehead atoms. The first-order chi connectivity index (χ1) is 9.04. The number of anilines is 2. The number of halogens is 1. The first-order valence-electron chi connectivity index (χ1n) is 6.56. The summed E-state index contributed by atoms with van der Waals surface area (Å²) < 4.78 is 1.00. The van der Waals surface area contributed by atoms with E-state index in [9.17, 15) is 4.79 Å². The van der Waals surface area contributed by atoms with Crippen molar-refractivity contribution < 1.29 is 4.79 Å². The maximum Gasteiger partial charge on any atom is 0.228 e. The highest BCUT2D eigenvalue weighted by Gasteiger charge is 2.25. The van der Waals surface area contributed by atoms with E-state index in [1.165, 1.54) is 5.56 Å². The molecular weight excluding hydrogens is 306 g/mol. The highest BCUT2D eigenvalue weighted by atomic mass is 79.9. The van der Waals surface area contributed by atoms with Gasteiger partial charge in [-0.1, -0.05) is 15.9 Å². The van der Waals surface area contributed by atoms with E-state index in [0.29, 0.717) is 13.0 Å². The number of nitrogens with two attached hydrogens (primary N) is 1. The summed E-state index contributed by atoms with van der Waals surface area (Å²) in [5.41, 5.74) is 8.93. The summed E-state index contributed by atoms with van der Waals surface area (Å²) in [5, 5.41) is 0. The molecule has 0 unspecified atom stereocenters. The molecule has 0 aromatic heterocycles. The molecule has 0 saturated carbocycles. The maximum absolute atomic E-state index is 12.1. The Morgan fingerprint density at radius 2 is 2.16 bits per heavy atom. The molecule has 104 valence electrons. The van der Waals surface area contributed by atoms with E-state index >= 15 is 0 Å². The van der Waals surface area contributed by atoms with Crippen molar-refractivity contribution in [3.63, 3.8) is 0 Å². The first-order valence-corrected chi connectivity index (χ1v) is 7.35. The van der Waals surface area contributed by atoms with Crippen molar-refractivity contribution in [3.8, 4) is 0 Å². The SMILES string of the molecule is Cc1cc(Br)cc2c1N(CCCN)CCC(=O)N2C. The second-order valence-electron chi connectivity index (χ2n) is 4.92. The minimum atomic E-state index is 0.161. The van der Waals surface area contributed by atoms with Crippen LogP contribution in [-0.4, -0.2) is 32.6 Å². The van der Waals surface area contributed by atoms with Gasteiger partial charge in [-0.15, -0.1) is 0 Å². The highest BCUT2D eigenvalue weighted by molar-refractivity contribution is 9.10. The number of rotatable bonds is 3. The summed E-state index contributed by atoms with van der Waals surface area (Å²) in [5.74, 6) is 0.161. The molecule has 1 aromatic rings. The molecule has 5 heteroatoms. The second kappa shape index (κ2) is 5.92. The maximum atomic E-state index is 12.1. The summed E-state index contributed by atoms with van der Waals surface area (Å²) >= 11 is 3.51. The van der Waals surface area contributed by atoms with Crippen LogP contribution in [0.1, 0.15) is 18.4 Å². The van der Waals surface area contributed by atoms with Gasteiger partial charge >= 0.3 is 0 Å². The van der Waals surface area contributed by atoms with Gasteiger partial charge in [0.2, 0.25) is 5.91 Å². The number of amides is 1. The van der Waals surface area contributed by atoms with E-state index in [-0.39, 0.29) is 5.91 Å². The number of nitrogens with zero attached hydrogens (tertiary/aromatic N) is 2. The Morgan fingerprint density at radius 3 is 2.84 bits per heavy atom. The third-order valence-corrected chi connectivity index (χ3v) is 3.98. The van der Waals surface area contributed by atoms with Crippen molar-refractivity contribution >= 4 is 33.2 Å². The first kappa shape index (κ1) is 14.3. The van der Waals surface area contributed by atoms with E-state index in [2.05, 4.69) is 33.8 Å². The van der Waals surface area contributed by atoms with Gasteiger partial charge in [0.25, 0.3) is 0 Å². The largest absolute Gasteiger partial charge is 0.369 e. The van der Waals surface area contributed by atoms with Crippen LogP contribution >= 0.6 is 15.9 Å². The average Bonchev–Trinajstić information content (AvgIpc) is 2.48. The van der Waals surface area contributed by atoms with Crippen LogP contribution in [0.4, 0.5) is 11.4 Å². The van der Waals surface area contributed by atoms with Gasteiger partial charge in [-0.3, -0.25) is 4.79 Å². The van der Waals surface area contributed by atoms with Crippen LogP contribution in [0.5, 0.6) is 0 Å².